The van der Waals surface area contributed by atoms with Crippen molar-refractivity contribution in [1.29, 1.82) is 0 Å². The van der Waals surface area contributed by atoms with Crippen LogP contribution in [0.2, 0.25) is 5.28 Å². The molecule has 0 atom stereocenters. The van der Waals surface area contributed by atoms with Crippen molar-refractivity contribution in [3.05, 3.63) is 35.5 Å². The third-order valence-corrected chi connectivity index (χ3v) is 3.96. The van der Waals surface area contributed by atoms with Gasteiger partial charge in [0.1, 0.15) is 12.7 Å². The Hall–Kier alpha value is -1.51. The molecule has 0 aromatic carbocycles. The number of hydrogen-bond acceptors (Lipinski definition) is 7. The lowest BCUT2D eigenvalue weighted by Crippen LogP contribution is -2.04. The summed E-state index contributed by atoms with van der Waals surface area (Å²) in [4.78, 5) is 16.2. The molecular formula is C9H5ClN6S2. The second-order valence-electron chi connectivity index (χ2n) is 3.06. The summed E-state index contributed by atoms with van der Waals surface area (Å²) >= 11 is 8.92. The van der Waals surface area contributed by atoms with Crippen LogP contribution in [0.4, 0.5) is 0 Å². The molecular weight excluding hydrogens is 292 g/mol. The summed E-state index contributed by atoms with van der Waals surface area (Å²) in [5, 5.41) is 6.61. The highest BCUT2D eigenvalue weighted by atomic mass is 35.5. The number of rotatable bonds is 3. The lowest BCUT2D eigenvalue weighted by atomic mass is 10.7. The molecule has 3 rings (SSSR count). The highest BCUT2D eigenvalue weighted by Crippen LogP contribution is 2.29. The SMILES string of the molecule is Clc1nc(Sc2cccs2)nc(-n2cncn2)n1. The predicted octanol–water partition coefficient (Wildman–Crippen LogP) is 2.32. The average molecular weight is 297 g/mol. The van der Waals surface area contributed by atoms with Gasteiger partial charge in [0.25, 0.3) is 5.95 Å². The van der Waals surface area contributed by atoms with E-state index in [-0.39, 0.29) is 5.28 Å². The van der Waals surface area contributed by atoms with Crippen LogP contribution in [0.1, 0.15) is 0 Å². The monoisotopic (exact) mass is 296 g/mol. The summed E-state index contributed by atoms with van der Waals surface area (Å²) in [6, 6.07) is 3.95. The molecule has 3 aromatic rings. The molecule has 0 fully saturated rings. The first-order chi connectivity index (χ1) is 8.81. The van der Waals surface area contributed by atoms with Gasteiger partial charge in [-0.2, -0.15) is 24.7 Å². The van der Waals surface area contributed by atoms with Gasteiger partial charge >= 0.3 is 0 Å². The summed E-state index contributed by atoms with van der Waals surface area (Å²) in [5.41, 5.74) is 0. The summed E-state index contributed by atoms with van der Waals surface area (Å²) in [5.74, 6) is 0.353. The summed E-state index contributed by atoms with van der Waals surface area (Å²) in [7, 11) is 0. The van der Waals surface area contributed by atoms with Gasteiger partial charge in [-0.15, -0.1) is 11.3 Å². The molecule has 90 valence electrons. The van der Waals surface area contributed by atoms with E-state index in [4.69, 9.17) is 11.6 Å². The van der Waals surface area contributed by atoms with Crippen LogP contribution in [-0.2, 0) is 0 Å². The first-order valence-corrected chi connectivity index (χ1v) is 6.86. The predicted molar refractivity (Wildman–Crippen MR) is 68.2 cm³/mol. The Morgan fingerprint density at radius 2 is 2.22 bits per heavy atom. The van der Waals surface area contributed by atoms with Crippen molar-refractivity contribution < 1.29 is 0 Å². The van der Waals surface area contributed by atoms with Gasteiger partial charge in [-0.1, -0.05) is 6.07 Å². The third kappa shape index (κ3) is 2.50. The molecule has 0 saturated carbocycles. The minimum absolute atomic E-state index is 0.134. The van der Waals surface area contributed by atoms with Gasteiger partial charge in [0.15, 0.2) is 5.16 Å². The van der Waals surface area contributed by atoms with E-state index in [1.807, 2.05) is 17.5 Å². The van der Waals surface area contributed by atoms with Crippen molar-refractivity contribution in [2.75, 3.05) is 0 Å². The largest absolute Gasteiger partial charge is 0.257 e. The number of aromatic nitrogens is 6. The molecule has 0 amide bonds. The van der Waals surface area contributed by atoms with Gasteiger partial charge in [-0.05, 0) is 34.8 Å². The topological polar surface area (TPSA) is 69.4 Å². The molecule has 0 unspecified atom stereocenters. The molecule has 3 aromatic heterocycles. The first kappa shape index (κ1) is 11.6. The Kier molecular flexibility index (Phi) is 3.22. The average Bonchev–Trinajstić information content (AvgIpc) is 3.00. The van der Waals surface area contributed by atoms with Crippen LogP contribution < -0.4 is 0 Å². The Balaban J connectivity index is 1.96. The second kappa shape index (κ2) is 5.01. The minimum Gasteiger partial charge on any atom is -0.223 e. The highest BCUT2D eigenvalue weighted by Gasteiger charge is 2.09. The number of halogens is 1. The van der Waals surface area contributed by atoms with E-state index in [0.717, 1.165) is 4.21 Å². The van der Waals surface area contributed by atoms with E-state index in [9.17, 15) is 0 Å². The Labute approximate surface area is 115 Å². The zero-order valence-corrected chi connectivity index (χ0v) is 11.2. The van der Waals surface area contributed by atoms with Crippen LogP contribution in [0.3, 0.4) is 0 Å². The Morgan fingerprint density at radius 3 is 2.94 bits per heavy atom. The lowest BCUT2D eigenvalue weighted by molar-refractivity contribution is 0.758. The fraction of sp³-hybridized carbons (Fsp3) is 0. The van der Waals surface area contributed by atoms with Crippen molar-refractivity contribution in [2.45, 2.75) is 9.37 Å². The van der Waals surface area contributed by atoms with E-state index < -0.39 is 0 Å². The van der Waals surface area contributed by atoms with Crippen molar-refractivity contribution in [3.8, 4) is 5.95 Å². The molecule has 0 bridgehead atoms. The van der Waals surface area contributed by atoms with Gasteiger partial charge in [0.05, 0.1) is 4.21 Å². The lowest BCUT2D eigenvalue weighted by Gasteiger charge is -2.01. The number of thiophene rings is 1. The summed E-state index contributed by atoms with van der Waals surface area (Å²) in [6.07, 6.45) is 2.91. The summed E-state index contributed by atoms with van der Waals surface area (Å²) < 4.78 is 2.52. The molecule has 0 spiro atoms. The van der Waals surface area contributed by atoms with Crippen LogP contribution >= 0.6 is 34.7 Å². The maximum Gasteiger partial charge on any atom is 0.257 e. The minimum atomic E-state index is 0.134. The molecule has 0 aliphatic heterocycles. The molecule has 0 N–H and O–H groups in total. The van der Waals surface area contributed by atoms with Crippen molar-refractivity contribution in [1.82, 2.24) is 29.7 Å². The van der Waals surface area contributed by atoms with Gasteiger partial charge < -0.3 is 0 Å². The fourth-order valence-electron chi connectivity index (χ4n) is 1.19. The number of hydrogen-bond donors (Lipinski definition) is 0. The van der Waals surface area contributed by atoms with Crippen LogP contribution in [0, 0.1) is 0 Å². The van der Waals surface area contributed by atoms with E-state index in [1.165, 1.54) is 29.1 Å². The van der Waals surface area contributed by atoms with Crippen LogP contribution in [0.25, 0.3) is 5.95 Å². The number of nitrogens with zero attached hydrogens (tertiary/aromatic N) is 6. The van der Waals surface area contributed by atoms with Crippen molar-refractivity contribution in [2.24, 2.45) is 0 Å². The maximum absolute atomic E-state index is 5.87. The van der Waals surface area contributed by atoms with Gasteiger partial charge in [-0.25, -0.2) is 4.98 Å². The van der Waals surface area contributed by atoms with Crippen molar-refractivity contribution >= 4 is 34.7 Å². The smallest absolute Gasteiger partial charge is 0.223 e. The van der Waals surface area contributed by atoms with Crippen molar-refractivity contribution in [3.63, 3.8) is 0 Å². The molecule has 0 radical (unpaired) electrons. The first-order valence-electron chi connectivity index (χ1n) is 4.79. The molecule has 0 aliphatic carbocycles. The quantitative estimate of drug-likeness (QED) is 0.739. The molecule has 0 saturated heterocycles. The van der Waals surface area contributed by atoms with Crippen LogP contribution in [-0.4, -0.2) is 29.7 Å². The zero-order valence-electron chi connectivity index (χ0n) is 8.76. The highest BCUT2D eigenvalue weighted by molar-refractivity contribution is 8.01. The van der Waals surface area contributed by atoms with Crippen LogP contribution in [0.5, 0.6) is 0 Å². The van der Waals surface area contributed by atoms with E-state index in [0.29, 0.717) is 11.1 Å². The van der Waals surface area contributed by atoms with Gasteiger partial charge in [-0.3, -0.25) is 0 Å². The standard InChI is InChI=1S/C9H5ClN6S2/c10-7-13-8(16-5-11-4-12-16)15-9(14-7)18-6-2-1-3-17-6/h1-5H. The normalized spacial score (nSPS) is 10.7. The second-order valence-corrected chi connectivity index (χ2v) is 5.61. The Bertz CT molecular complexity index is 639. The Morgan fingerprint density at radius 1 is 1.28 bits per heavy atom. The van der Waals surface area contributed by atoms with E-state index in [2.05, 4.69) is 25.0 Å². The van der Waals surface area contributed by atoms with Gasteiger partial charge in [0.2, 0.25) is 5.28 Å². The molecule has 9 heteroatoms. The van der Waals surface area contributed by atoms with Crippen LogP contribution in [0.15, 0.2) is 39.5 Å². The molecule has 18 heavy (non-hydrogen) atoms. The van der Waals surface area contributed by atoms with Gasteiger partial charge in [0, 0.05) is 0 Å². The van der Waals surface area contributed by atoms with E-state index >= 15 is 0 Å². The third-order valence-electron chi connectivity index (χ3n) is 1.89. The van der Waals surface area contributed by atoms with E-state index in [1.54, 1.807) is 11.3 Å². The molecule has 6 nitrogen and oxygen atoms in total. The summed E-state index contributed by atoms with van der Waals surface area (Å²) in [6.45, 7) is 0. The molecule has 0 aliphatic rings. The zero-order chi connectivity index (χ0) is 12.4. The fourth-order valence-corrected chi connectivity index (χ4v) is 3.02. The molecule has 3 heterocycles. The maximum atomic E-state index is 5.87.